The number of likely N-dealkylation sites (tertiary alicyclic amines) is 1. The second-order valence-electron chi connectivity index (χ2n) is 13.4. The van der Waals surface area contributed by atoms with Crippen LogP contribution >= 0.6 is 11.6 Å². The molecule has 0 bridgehead atoms. The van der Waals surface area contributed by atoms with Crippen LogP contribution in [0.1, 0.15) is 57.3 Å². The number of halogens is 1. The fourth-order valence-electron chi connectivity index (χ4n) is 6.29. The molecular weight excluding hydrogens is 594 g/mol. The number of hydrogen-bond acceptors (Lipinski definition) is 9. The first-order chi connectivity index (χ1) is 21.6. The molecule has 2 aromatic carbocycles. The van der Waals surface area contributed by atoms with Gasteiger partial charge in [0.15, 0.2) is 5.75 Å². The summed E-state index contributed by atoms with van der Waals surface area (Å²) in [5, 5.41) is 12.6. The number of benzene rings is 2. The van der Waals surface area contributed by atoms with Crippen LogP contribution in [0.5, 0.6) is 11.8 Å². The van der Waals surface area contributed by atoms with Gasteiger partial charge in [-0.25, -0.2) is 4.79 Å². The van der Waals surface area contributed by atoms with Crippen molar-refractivity contribution in [2.45, 2.75) is 76.3 Å². The molecule has 0 spiro atoms. The molecule has 11 nitrogen and oxygen atoms in total. The van der Waals surface area contributed by atoms with Crippen molar-refractivity contribution in [2.75, 3.05) is 33.2 Å². The molecule has 2 saturated heterocycles. The van der Waals surface area contributed by atoms with E-state index < -0.39 is 23.2 Å². The number of nitrogens with zero attached hydrogens (tertiary/aromatic N) is 5. The SMILES string of the molecule is Cc1ccc2[nH]ncc2c1-c1ccc2c(C3CNCC(Cl)N3C(=O)OC(C)(C)C)nc(O[C@H]3CCN(C)C3)nc2c1OC1CC1. The molecule has 2 N–H and O–H groups in total. The summed E-state index contributed by atoms with van der Waals surface area (Å²) in [5.74, 6) is 0.679. The summed E-state index contributed by atoms with van der Waals surface area (Å²) in [6, 6.07) is 7.95. The van der Waals surface area contributed by atoms with E-state index in [1.807, 2.05) is 39.1 Å². The van der Waals surface area contributed by atoms with E-state index in [0.29, 0.717) is 30.0 Å². The minimum Gasteiger partial charge on any atom is -0.487 e. The Balaban J connectivity index is 1.43. The van der Waals surface area contributed by atoms with Gasteiger partial charge < -0.3 is 24.4 Å². The monoisotopic (exact) mass is 633 g/mol. The standard InChI is InChI=1S/C33H40ClN7O4/c1-18-6-11-24-23(14-36-39-24)27(18)21-9-10-22-28(25-15-35-16-26(34)41(25)32(42)45-33(2,3)4)37-31(44-20-12-13-40(5)17-20)38-29(22)30(21)43-19-7-8-19/h6,9-11,14,19-20,25-26,35H,7-8,12-13,15-17H2,1-5H3,(H,36,39)/t20-,25?,26?/m0/s1. The maximum absolute atomic E-state index is 13.6. The minimum absolute atomic E-state index is 0.0505. The minimum atomic E-state index is -0.689. The first kappa shape index (κ1) is 30.0. The Labute approximate surface area is 267 Å². The number of H-pyrrole nitrogens is 1. The van der Waals surface area contributed by atoms with E-state index in [0.717, 1.165) is 65.3 Å². The van der Waals surface area contributed by atoms with E-state index in [1.165, 1.54) is 0 Å². The van der Waals surface area contributed by atoms with Crippen LogP contribution in [0.4, 0.5) is 4.79 Å². The number of hydrogen-bond donors (Lipinski definition) is 2. The average molecular weight is 634 g/mol. The Morgan fingerprint density at radius 1 is 1.02 bits per heavy atom. The average Bonchev–Trinajstić information content (AvgIpc) is 3.51. The van der Waals surface area contributed by atoms with Crippen LogP contribution in [-0.4, -0.2) is 92.6 Å². The highest BCUT2D eigenvalue weighted by molar-refractivity contribution is 6.21. The highest BCUT2D eigenvalue weighted by Gasteiger charge is 2.40. The van der Waals surface area contributed by atoms with Crippen molar-refractivity contribution < 1.29 is 19.0 Å². The van der Waals surface area contributed by atoms with E-state index >= 15 is 0 Å². The molecule has 238 valence electrons. The molecule has 2 unspecified atom stereocenters. The second-order valence-corrected chi connectivity index (χ2v) is 13.9. The van der Waals surface area contributed by atoms with Crippen molar-refractivity contribution in [3.8, 4) is 22.9 Å². The molecule has 3 aliphatic rings. The van der Waals surface area contributed by atoms with E-state index in [1.54, 1.807) is 4.90 Å². The largest absolute Gasteiger partial charge is 0.487 e. The van der Waals surface area contributed by atoms with Gasteiger partial charge >= 0.3 is 12.1 Å². The summed E-state index contributed by atoms with van der Waals surface area (Å²) in [4.78, 5) is 27.5. The van der Waals surface area contributed by atoms with Crippen molar-refractivity contribution >= 4 is 39.5 Å². The van der Waals surface area contributed by atoms with Crippen LogP contribution in [0.3, 0.4) is 0 Å². The highest BCUT2D eigenvalue weighted by atomic mass is 35.5. The molecular formula is C33H40ClN7O4. The van der Waals surface area contributed by atoms with Gasteiger partial charge in [0.1, 0.15) is 22.7 Å². The zero-order valence-electron chi connectivity index (χ0n) is 26.4. The number of alkyl halides is 1. The molecule has 1 amide bonds. The summed E-state index contributed by atoms with van der Waals surface area (Å²) < 4.78 is 19.0. The molecule has 4 heterocycles. The number of nitrogens with one attached hydrogen (secondary N) is 2. The Hall–Kier alpha value is -3.67. The summed E-state index contributed by atoms with van der Waals surface area (Å²) in [6.45, 7) is 10.2. The lowest BCUT2D eigenvalue weighted by Gasteiger charge is -2.40. The summed E-state index contributed by atoms with van der Waals surface area (Å²) in [7, 11) is 2.08. The van der Waals surface area contributed by atoms with Gasteiger partial charge in [-0.05, 0) is 83.3 Å². The van der Waals surface area contributed by atoms with Gasteiger partial charge in [-0.2, -0.15) is 15.1 Å². The number of likely N-dealkylation sites (N-methyl/N-ethyl adjacent to an activating group) is 1. The number of aryl methyl sites for hydroxylation is 1. The van der Waals surface area contributed by atoms with Crippen LogP contribution in [0.25, 0.3) is 32.9 Å². The number of piperazine rings is 1. The first-order valence-corrected chi connectivity index (χ1v) is 16.1. The number of amides is 1. The zero-order valence-corrected chi connectivity index (χ0v) is 27.1. The van der Waals surface area contributed by atoms with Gasteiger partial charge in [-0.1, -0.05) is 17.7 Å². The smallest absolute Gasteiger partial charge is 0.412 e. The van der Waals surface area contributed by atoms with Crippen molar-refractivity contribution in [1.29, 1.82) is 0 Å². The number of aromatic nitrogens is 4. The maximum Gasteiger partial charge on any atom is 0.412 e. The van der Waals surface area contributed by atoms with E-state index in [9.17, 15) is 4.79 Å². The topological polar surface area (TPSA) is 118 Å². The Bertz CT molecular complexity index is 1750. The van der Waals surface area contributed by atoms with Crippen LogP contribution in [0.15, 0.2) is 30.5 Å². The van der Waals surface area contributed by atoms with Gasteiger partial charge in [-0.15, -0.1) is 0 Å². The highest BCUT2D eigenvalue weighted by Crippen LogP contribution is 2.45. The molecule has 1 saturated carbocycles. The van der Waals surface area contributed by atoms with Gasteiger partial charge in [0, 0.05) is 42.5 Å². The Morgan fingerprint density at radius 3 is 2.58 bits per heavy atom. The molecule has 0 radical (unpaired) electrons. The summed E-state index contributed by atoms with van der Waals surface area (Å²) in [5.41, 5.74) is 3.96. The van der Waals surface area contributed by atoms with Crippen molar-refractivity contribution in [1.82, 2.24) is 35.3 Å². The number of rotatable bonds is 6. The third-order valence-electron chi connectivity index (χ3n) is 8.57. The third-order valence-corrected chi connectivity index (χ3v) is 8.93. The summed E-state index contributed by atoms with van der Waals surface area (Å²) in [6.07, 6.45) is 4.25. The summed E-state index contributed by atoms with van der Waals surface area (Å²) >= 11 is 6.82. The van der Waals surface area contributed by atoms with Gasteiger partial charge in [0.05, 0.1) is 29.6 Å². The lowest BCUT2D eigenvalue weighted by atomic mass is 9.94. The number of aromatic amines is 1. The quantitative estimate of drug-likeness (QED) is 0.208. The van der Waals surface area contributed by atoms with Crippen molar-refractivity contribution in [2.24, 2.45) is 0 Å². The van der Waals surface area contributed by atoms with Crippen LogP contribution in [-0.2, 0) is 4.74 Å². The van der Waals surface area contributed by atoms with Gasteiger partial charge in [-0.3, -0.25) is 10.00 Å². The fourth-order valence-corrected chi connectivity index (χ4v) is 6.61. The Morgan fingerprint density at radius 2 is 1.84 bits per heavy atom. The predicted molar refractivity (Wildman–Crippen MR) is 173 cm³/mol. The molecule has 3 atom stereocenters. The maximum atomic E-state index is 13.6. The lowest BCUT2D eigenvalue weighted by molar-refractivity contribution is 0.00686. The van der Waals surface area contributed by atoms with E-state index in [-0.39, 0.29) is 18.2 Å². The molecule has 1 aliphatic carbocycles. The van der Waals surface area contributed by atoms with Crippen LogP contribution in [0, 0.1) is 6.92 Å². The molecule has 7 rings (SSSR count). The van der Waals surface area contributed by atoms with Crippen molar-refractivity contribution in [3.63, 3.8) is 0 Å². The molecule has 2 aliphatic heterocycles. The Kier molecular flexibility index (Phi) is 7.74. The van der Waals surface area contributed by atoms with E-state index in [2.05, 4.69) is 46.5 Å². The third kappa shape index (κ3) is 6.01. The molecule has 12 heteroatoms. The first-order valence-electron chi connectivity index (χ1n) is 15.7. The van der Waals surface area contributed by atoms with Crippen molar-refractivity contribution in [3.05, 3.63) is 41.7 Å². The second kappa shape index (κ2) is 11.6. The molecule has 2 aromatic heterocycles. The van der Waals surface area contributed by atoms with Gasteiger partial charge in [0.2, 0.25) is 0 Å². The predicted octanol–water partition coefficient (Wildman–Crippen LogP) is 5.55. The molecule has 45 heavy (non-hydrogen) atoms. The molecule has 3 fully saturated rings. The number of carbonyl (C=O) groups excluding carboxylic acids is 1. The fraction of sp³-hybridized carbons (Fsp3) is 0.515. The number of carbonyl (C=O) groups is 1. The van der Waals surface area contributed by atoms with E-state index in [4.69, 9.17) is 35.8 Å². The van der Waals surface area contributed by atoms with Gasteiger partial charge in [0.25, 0.3) is 0 Å². The number of ether oxygens (including phenoxy) is 3. The zero-order chi connectivity index (χ0) is 31.5. The molecule has 4 aromatic rings. The van der Waals surface area contributed by atoms with Crippen LogP contribution in [0.2, 0.25) is 0 Å². The number of fused-ring (bicyclic) bond motifs is 2. The van der Waals surface area contributed by atoms with Crippen LogP contribution < -0.4 is 14.8 Å². The normalized spacial score (nSPS) is 22.7. The lowest BCUT2D eigenvalue weighted by Crippen LogP contribution is -2.54.